The highest BCUT2D eigenvalue weighted by Gasteiger charge is 2.39. The number of nitrogens with zero attached hydrogens (tertiary/aromatic N) is 1. The van der Waals surface area contributed by atoms with Crippen LogP contribution in [0.4, 0.5) is 0 Å². The maximum atomic E-state index is 12.5. The Hall–Kier alpha value is -3.04. The van der Waals surface area contributed by atoms with Crippen molar-refractivity contribution in [3.8, 4) is 0 Å². The predicted octanol–water partition coefficient (Wildman–Crippen LogP) is 1.66. The van der Waals surface area contributed by atoms with Gasteiger partial charge in [0.2, 0.25) is 10.0 Å². The number of hydrogen-bond acceptors (Lipinski definition) is 6. The van der Waals surface area contributed by atoms with Crippen molar-refractivity contribution in [2.24, 2.45) is 0 Å². The fourth-order valence-electron chi connectivity index (χ4n) is 2.64. The van der Waals surface area contributed by atoms with Crippen molar-refractivity contribution in [3.05, 3.63) is 64.7 Å². The summed E-state index contributed by atoms with van der Waals surface area (Å²) in [6.45, 7) is 3.40. The van der Waals surface area contributed by atoms with Gasteiger partial charge in [0.15, 0.2) is 0 Å². The van der Waals surface area contributed by atoms with Gasteiger partial charge in [0.25, 0.3) is 11.8 Å². The van der Waals surface area contributed by atoms with Crippen LogP contribution in [0.5, 0.6) is 0 Å². The van der Waals surface area contributed by atoms with Gasteiger partial charge < -0.3 is 4.84 Å². The third-order valence-electron chi connectivity index (χ3n) is 4.00. The van der Waals surface area contributed by atoms with Crippen LogP contribution in [0.2, 0.25) is 0 Å². The quantitative estimate of drug-likeness (QED) is 0.780. The highest BCUT2D eigenvalue weighted by atomic mass is 32.2. The summed E-state index contributed by atoms with van der Waals surface area (Å²) in [5.41, 5.74) is 0.642. The van der Waals surface area contributed by atoms with E-state index < -0.39 is 27.8 Å². The fraction of sp³-hybridized carbons (Fsp3) is 0.167. The molecule has 0 atom stereocenters. The Morgan fingerprint density at radius 2 is 1.67 bits per heavy atom. The van der Waals surface area contributed by atoms with Crippen molar-refractivity contribution < 1.29 is 27.6 Å². The molecule has 0 aromatic heterocycles. The number of sulfonamides is 1. The second-order valence-electron chi connectivity index (χ2n) is 5.81. The molecule has 9 heteroatoms. The third-order valence-corrected chi connectivity index (χ3v) is 5.55. The summed E-state index contributed by atoms with van der Waals surface area (Å²) < 4.78 is 26.6. The average Bonchev–Trinajstić information content (AvgIpc) is 2.87. The fourth-order valence-corrected chi connectivity index (χ4v) is 3.71. The monoisotopic (exact) mass is 388 g/mol. The molecule has 3 rings (SSSR count). The van der Waals surface area contributed by atoms with E-state index in [1.807, 2.05) is 0 Å². The second-order valence-corrected chi connectivity index (χ2v) is 7.57. The summed E-state index contributed by atoms with van der Waals surface area (Å²) in [5.74, 6) is -2.51. The van der Waals surface area contributed by atoms with Gasteiger partial charge in [0.05, 0.1) is 21.6 Å². The number of imide groups is 1. The van der Waals surface area contributed by atoms with Crippen molar-refractivity contribution in [2.75, 3.05) is 6.54 Å². The van der Waals surface area contributed by atoms with Crippen LogP contribution in [0.25, 0.3) is 0 Å². The molecule has 1 N–H and O–H groups in total. The van der Waals surface area contributed by atoms with E-state index in [2.05, 4.69) is 4.72 Å². The van der Waals surface area contributed by atoms with Gasteiger partial charge in [0.1, 0.15) is 0 Å². The number of fused-ring (bicyclic) bond motifs is 1. The largest absolute Gasteiger partial charge is 0.364 e. The van der Waals surface area contributed by atoms with Crippen LogP contribution in [-0.2, 0) is 14.9 Å². The average molecular weight is 388 g/mol. The predicted molar refractivity (Wildman–Crippen MR) is 94.4 cm³/mol. The number of carbonyl (C=O) groups excluding carboxylic acids is 3. The third kappa shape index (κ3) is 3.34. The number of hydroxylamine groups is 2. The number of rotatable bonds is 5. The molecular weight excluding hydrogens is 372 g/mol. The molecular formula is C18H16N2O6S. The topological polar surface area (TPSA) is 110 Å². The van der Waals surface area contributed by atoms with Crippen molar-refractivity contribution in [1.29, 1.82) is 0 Å². The molecule has 1 aliphatic rings. The van der Waals surface area contributed by atoms with E-state index >= 15 is 0 Å². The molecule has 0 unspecified atom stereocenters. The number of benzene rings is 2. The second kappa shape index (κ2) is 6.93. The standard InChI is InChI=1S/C18H16N2O6S/c1-3-19-27(24,25)12-9-8-11(2)15(10-12)18(23)26-20-16(21)13-6-4-5-7-14(13)17(20)22/h4-10,19H,3H2,1-2H3. The number of hydrogen-bond donors (Lipinski definition) is 1. The molecule has 2 amide bonds. The van der Waals surface area contributed by atoms with Crippen LogP contribution < -0.4 is 4.72 Å². The Morgan fingerprint density at radius 1 is 1.07 bits per heavy atom. The Balaban J connectivity index is 1.90. The molecule has 0 saturated heterocycles. The maximum absolute atomic E-state index is 12.5. The zero-order chi connectivity index (χ0) is 19.8. The first-order chi connectivity index (χ1) is 12.8. The SMILES string of the molecule is CCNS(=O)(=O)c1ccc(C)c(C(=O)ON2C(=O)c3ccccc3C2=O)c1. The Kier molecular flexibility index (Phi) is 4.81. The molecule has 1 heterocycles. The van der Waals surface area contributed by atoms with E-state index in [0.717, 1.165) is 6.07 Å². The van der Waals surface area contributed by atoms with Gasteiger partial charge in [-0.1, -0.05) is 30.2 Å². The lowest BCUT2D eigenvalue weighted by atomic mass is 10.1. The van der Waals surface area contributed by atoms with Crippen LogP contribution in [-0.4, -0.2) is 37.8 Å². The highest BCUT2D eigenvalue weighted by molar-refractivity contribution is 7.89. The molecule has 8 nitrogen and oxygen atoms in total. The minimum atomic E-state index is -3.78. The smallest absolute Gasteiger partial charge is 0.324 e. The summed E-state index contributed by atoms with van der Waals surface area (Å²) in [5, 5.41) is 0.387. The maximum Gasteiger partial charge on any atom is 0.364 e. The minimum Gasteiger partial charge on any atom is -0.324 e. The lowest BCUT2D eigenvalue weighted by Crippen LogP contribution is -2.33. The summed E-state index contributed by atoms with van der Waals surface area (Å²) in [6, 6.07) is 10.0. The van der Waals surface area contributed by atoms with E-state index in [9.17, 15) is 22.8 Å². The zero-order valence-corrected chi connectivity index (χ0v) is 15.4. The zero-order valence-electron chi connectivity index (χ0n) is 14.6. The van der Waals surface area contributed by atoms with Gasteiger partial charge in [-0.05, 0) is 36.8 Å². The number of aryl methyl sites for hydroxylation is 1. The first-order valence-corrected chi connectivity index (χ1v) is 9.55. The summed E-state index contributed by atoms with van der Waals surface area (Å²) in [6.07, 6.45) is 0. The van der Waals surface area contributed by atoms with Crippen LogP contribution in [0, 0.1) is 6.92 Å². The summed E-state index contributed by atoms with van der Waals surface area (Å²) in [4.78, 5) is 42.0. The van der Waals surface area contributed by atoms with Crippen LogP contribution >= 0.6 is 0 Å². The Morgan fingerprint density at radius 3 is 2.22 bits per heavy atom. The van der Waals surface area contributed by atoms with Crippen LogP contribution in [0.15, 0.2) is 47.4 Å². The van der Waals surface area contributed by atoms with Crippen molar-refractivity contribution in [2.45, 2.75) is 18.7 Å². The number of nitrogens with one attached hydrogen (secondary N) is 1. The molecule has 140 valence electrons. The molecule has 0 aliphatic carbocycles. The van der Waals surface area contributed by atoms with Gasteiger partial charge in [-0.15, -0.1) is 0 Å². The Labute approximate surface area is 155 Å². The lowest BCUT2D eigenvalue weighted by molar-refractivity contribution is -0.0585. The first-order valence-electron chi connectivity index (χ1n) is 8.06. The molecule has 0 fully saturated rings. The number of carbonyl (C=O) groups is 3. The highest BCUT2D eigenvalue weighted by Crippen LogP contribution is 2.24. The Bertz CT molecular complexity index is 1030. The van der Waals surface area contributed by atoms with Gasteiger partial charge in [-0.3, -0.25) is 9.59 Å². The summed E-state index contributed by atoms with van der Waals surface area (Å²) >= 11 is 0. The molecule has 2 aromatic rings. The molecule has 0 spiro atoms. The van der Waals surface area contributed by atoms with Crippen molar-refractivity contribution >= 4 is 27.8 Å². The van der Waals surface area contributed by atoms with E-state index in [0.29, 0.717) is 10.6 Å². The van der Waals surface area contributed by atoms with Crippen molar-refractivity contribution in [3.63, 3.8) is 0 Å². The van der Waals surface area contributed by atoms with Gasteiger partial charge in [-0.2, -0.15) is 0 Å². The molecule has 0 bridgehead atoms. The first kappa shape index (κ1) is 18.7. The van der Waals surface area contributed by atoms with Gasteiger partial charge >= 0.3 is 5.97 Å². The van der Waals surface area contributed by atoms with Crippen molar-refractivity contribution in [1.82, 2.24) is 9.79 Å². The molecule has 2 aromatic carbocycles. The van der Waals surface area contributed by atoms with E-state index in [4.69, 9.17) is 4.84 Å². The lowest BCUT2D eigenvalue weighted by Gasteiger charge is -2.14. The molecule has 1 aliphatic heterocycles. The molecule has 27 heavy (non-hydrogen) atoms. The summed E-state index contributed by atoms with van der Waals surface area (Å²) in [7, 11) is -3.78. The molecule has 0 saturated carbocycles. The van der Waals surface area contributed by atoms with Gasteiger partial charge in [0, 0.05) is 6.54 Å². The minimum absolute atomic E-state index is 0.0643. The van der Waals surface area contributed by atoms with Gasteiger partial charge in [-0.25, -0.2) is 17.9 Å². The van der Waals surface area contributed by atoms with E-state index in [1.165, 1.54) is 24.3 Å². The normalized spacial score (nSPS) is 13.6. The molecule has 0 radical (unpaired) electrons. The number of amides is 2. The van der Waals surface area contributed by atoms with Crippen LogP contribution in [0.3, 0.4) is 0 Å². The van der Waals surface area contributed by atoms with Crippen LogP contribution in [0.1, 0.15) is 43.6 Å². The van der Waals surface area contributed by atoms with E-state index in [1.54, 1.807) is 26.0 Å². The van der Waals surface area contributed by atoms with E-state index in [-0.39, 0.29) is 28.1 Å².